The molecule has 0 spiro atoms. The van der Waals surface area contributed by atoms with Crippen LogP contribution in [0, 0.1) is 0 Å². The van der Waals surface area contributed by atoms with Crippen LogP contribution in [-0.2, 0) is 19.4 Å². The maximum atomic E-state index is 12.2. The summed E-state index contributed by atoms with van der Waals surface area (Å²) in [5.41, 5.74) is 1.24. The molecule has 2 amide bonds. The van der Waals surface area contributed by atoms with Crippen molar-refractivity contribution in [1.82, 2.24) is 4.90 Å². The van der Waals surface area contributed by atoms with Crippen LogP contribution < -0.4 is 10.6 Å². The number of amides is 2. The van der Waals surface area contributed by atoms with Gasteiger partial charge in [-0.1, -0.05) is 13.0 Å². The minimum Gasteiger partial charge on any atom is -0.326 e. The van der Waals surface area contributed by atoms with E-state index in [2.05, 4.69) is 15.5 Å². The monoisotopic (exact) mass is 367 g/mol. The van der Waals surface area contributed by atoms with Crippen LogP contribution in [0.4, 0.5) is 11.4 Å². The van der Waals surface area contributed by atoms with Gasteiger partial charge in [-0.2, -0.15) is 0 Å². The van der Waals surface area contributed by atoms with Gasteiger partial charge in [0.05, 0.1) is 11.5 Å². The molecule has 7 nitrogen and oxygen atoms in total. The smallest absolute Gasteiger partial charge is 0.225 e. The number of nitrogens with one attached hydrogen (secondary N) is 2. The summed E-state index contributed by atoms with van der Waals surface area (Å²) in [6.07, 6.45) is 0.922. The van der Waals surface area contributed by atoms with Crippen molar-refractivity contribution in [3.8, 4) is 0 Å². The molecule has 0 aliphatic carbocycles. The third kappa shape index (κ3) is 6.13. The maximum absolute atomic E-state index is 12.2. The molecule has 1 aliphatic heterocycles. The lowest BCUT2D eigenvalue weighted by Crippen LogP contribution is -2.38. The minimum atomic E-state index is -2.93. The highest BCUT2D eigenvalue weighted by molar-refractivity contribution is 7.91. The molecule has 0 aromatic heterocycles. The molecule has 1 aliphatic rings. The number of sulfone groups is 1. The molecule has 0 radical (unpaired) electrons. The van der Waals surface area contributed by atoms with E-state index in [0.717, 1.165) is 0 Å². The summed E-state index contributed by atoms with van der Waals surface area (Å²) in [5.74, 6) is 0.102. The zero-order chi connectivity index (χ0) is 18.4. The maximum Gasteiger partial charge on any atom is 0.225 e. The first-order valence-electron chi connectivity index (χ1n) is 8.41. The predicted octanol–water partition coefficient (Wildman–Crippen LogP) is 1.48. The fourth-order valence-corrected chi connectivity index (χ4v) is 4.77. The summed E-state index contributed by atoms with van der Waals surface area (Å²) >= 11 is 0. The summed E-state index contributed by atoms with van der Waals surface area (Å²) in [7, 11) is -2.93. The molecule has 2 N–H and O–H groups in total. The van der Waals surface area contributed by atoms with Gasteiger partial charge in [0.25, 0.3) is 0 Å². The van der Waals surface area contributed by atoms with Crippen molar-refractivity contribution in [3.63, 3.8) is 0 Å². The van der Waals surface area contributed by atoms with Crippen LogP contribution >= 0.6 is 0 Å². The quantitative estimate of drug-likeness (QED) is 0.761. The predicted molar refractivity (Wildman–Crippen MR) is 98.3 cm³/mol. The van der Waals surface area contributed by atoms with E-state index in [-0.39, 0.29) is 35.8 Å². The van der Waals surface area contributed by atoms with Crippen LogP contribution in [0.3, 0.4) is 0 Å². The van der Waals surface area contributed by atoms with Gasteiger partial charge in [0, 0.05) is 37.3 Å². The van der Waals surface area contributed by atoms with E-state index in [1.54, 1.807) is 24.3 Å². The molecular weight excluding hydrogens is 342 g/mol. The third-order valence-electron chi connectivity index (χ3n) is 4.22. The van der Waals surface area contributed by atoms with Crippen LogP contribution in [0.2, 0.25) is 0 Å². The van der Waals surface area contributed by atoms with E-state index < -0.39 is 9.84 Å². The van der Waals surface area contributed by atoms with Crippen molar-refractivity contribution in [2.45, 2.75) is 32.7 Å². The van der Waals surface area contributed by atoms with Crippen molar-refractivity contribution in [1.29, 1.82) is 0 Å². The van der Waals surface area contributed by atoms with Crippen molar-refractivity contribution < 1.29 is 18.0 Å². The van der Waals surface area contributed by atoms with Crippen molar-refractivity contribution in [2.24, 2.45) is 0 Å². The first-order chi connectivity index (χ1) is 11.8. The highest BCUT2D eigenvalue weighted by Gasteiger charge is 2.31. The highest BCUT2D eigenvalue weighted by Crippen LogP contribution is 2.18. The number of benzene rings is 1. The lowest BCUT2D eigenvalue weighted by molar-refractivity contribution is -0.116. The van der Waals surface area contributed by atoms with Crippen LogP contribution in [0.5, 0.6) is 0 Å². The summed E-state index contributed by atoms with van der Waals surface area (Å²) in [6.45, 7) is 4.63. The first-order valence-corrected chi connectivity index (χ1v) is 10.2. The molecule has 0 bridgehead atoms. The average molecular weight is 367 g/mol. The zero-order valence-electron chi connectivity index (χ0n) is 14.6. The Morgan fingerprint density at radius 2 is 1.92 bits per heavy atom. The minimum absolute atomic E-state index is 0.00546. The topological polar surface area (TPSA) is 95.6 Å². The molecule has 1 heterocycles. The van der Waals surface area contributed by atoms with Gasteiger partial charge in [0.1, 0.15) is 0 Å². The molecule has 1 unspecified atom stereocenters. The van der Waals surface area contributed by atoms with Gasteiger partial charge in [-0.15, -0.1) is 0 Å². The lowest BCUT2D eigenvalue weighted by Gasteiger charge is -2.26. The molecule has 1 aromatic carbocycles. The number of hydrogen-bond donors (Lipinski definition) is 2. The Hall–Kier alpha value is -1.93. The second-order valence-corrected chi connectivity index (χ2v) is 8.47. The van der Waals surface area contributed by atoms with Crippen LogP contribution in [-0.4, -0.2) is 55.8 Å². The number of carbonyl (C=O) groups excluding carboxylic acids is 2. The standard InChI is InChI=1S/C17H25N3O4S/c1-3-20(16-8-10-25(23,24)12-16)9-7-17(22)19-15-6-4-5-14(11-15)18-13(2)21/h4-6,11,16H,3,7-10,12H2,1-2H3,(H,18,21)(H,19,22). The molecule has 0 saturated carbocycles. The Labute approximate surface area is 148 Å². The van der Waals surface area contributed by atoms with E-state index in [1.165, 1.54) is 6.92 Å². The molecule has 1 aromatic rings. The molecule has 8 heteroatoms. The number of rotatable bonds is 7. The van der Waals surface area contributed by atoms with Gasteiger partial charge in [-0.3, -0.25) is 14.5 Å². The summed E-state index contributed by atoms with van der Waals surface area (Å²) in [5, 5.41) is 5.47. The SMILES string of the molecule is CCN(CCC(=O)Nc1cccc(NC(C)=O)c1)C1CCS(=O)(=O)C1. The zero-order valence-corrected chi connectivity index (χ0v) is 15.4. The summed E-state index contributed by atoms with van der Waals surface area (Å²) in [6, 6.07) is 6.95. The van der Waals surface area contributed by atoms with E-state index in [0.29, 0.717) is 30.9 Å². The molecule has 1 fully saturated rings. The first kappa shape index (κ1) is 19.4. The van der Waals surface area contributed by atoms with Crippen molar-refractivity contribution >= 4 is 33.0 Å². The van der Waals surface area contributed by atoms with Crippen LogP contribution in [0.1, 0.15) is 26.7 Å². The summed E-state index contributed by atoms with van der Waals surface area (Å²) in [4.78, 5) is 25.3. The molecule has 1 atom stereocenters. The molecule has 138 valence electrons. The van der Waals surface area contributed by atoms with Gasteiger partial charge < -0.3 is 10.6 Å². The number of nitrogens with zero attached hydrogens (tertiary/aromatic N) is 1. The average Bonchev–Trinajstić information content (AvgIpc) is 2.87. The fraction of sp³-hybridized carbons (Fsp3) is 0.529. The molecular formula is C17H25N3O4S. The molecule has 25 heavy (non-hydrogen) atoms. The van der Waals surface area contributed by atoms with Gasteiger partial charge in [0.2, 0.25) is 11.8 Å². The largest absolute Gasteiger partial charge is 0.326 e. The lowest BCUT2D eigenvalue weighted by atomic mass is 10.2. The van der Waals surface area contributed by atoms with Crippen LogP contribution in [0.15, 0.2) is 24.3 Å². The van der Waals surface area contributed by atoms with Gasteiger partial charge in [-0.25, -0.2) is 8.42 Å². The Kier molecular flexibility index (Phi) is 6.55. The third-order valence-corrected chi connectivity index (χ3v) is 5.97. The summed E-state index contributed by atoms with van der Waals surface area (Å²) < 4.78 is 23.2. The Morgan fingerprint density at radius 1 is 1.24 bits per heavy atom. The van der Waals surface area contributed by atoms with Gasteiger partial charge >= 0.3 is 0 Å². The Morgan fingerprint density at radius 3 is 2.48 bits per heavy atom. The van der Waals surface area contributed by atoms with Gasteiger partial charge in [0.15, 0.2) is 9.84 Å². The number of carbonyl (C=O) groups is 2. The molecule has 1 saturated heterocycles. The van der Waals surface area contributed by atoms with Gasteiger partial charge in [-0.05, 0) is 31.2 Å². The normalized spacial score (nSPS) is 18.9. The fourth-order valence-electron chi connectivity index (χ4n) is 3.01. The van der Waals surface area contributed by atoms with E-state index in [4.69, 9.17) is 0 Å². The Bertz CT molecular complexity index is 733. The Balaban J connectivity index is 1.86. The number of hydrogen-bond acceptors (Lipinski definition) is 5. The highest BCUT2D eigenvalue weighted by atomic mass is 32.2. The van der Waals surface area contributed by atoms with Crippen molar-refractivity contribution in [3.05, 3.63) is 24.3 Å². The van der Waals surface area contributed by atoms with Crippen molar-refractivity contribution in [2.75, 3.05) is 35.2 Å². The number of anilines is 2. The molecule has 2 rings (SSSR count). The van der Waals surface area contributed by atoms with E-state index in [1.807, 2.05) is 6.92 Å². The van der Waals surface area contributed by atoms with E-state index >= 15 is 0 Å². The second kappa shape index (κ2) is 8.44. The van der Waals surface area contributed by atoms with E-state index in [9.17, 15) is 18.0 Å². The second-order valence-electron chi connectivity index (χ2n) is 6.25. The van der Waals surface area contributed by atoms with Crippen LogP contribution in [0.25, 0.3) is 0 Å².